The lowest BCUT2D eigenvalue weighted by atomic mass is 10.2. The molecular weight excluding hydrogens is 334 g/mol. The van der Waals surface area contributed by atoms with Crippen LogP contribution in [0.1, 0.15) is 19.3 Å². The van der Waals surface area contributed by atoms with Crippen LogP contribution in [0.25, 0.3) is 0 Å². The second-order valence-corrected chi connectivity index (χ2v) is 6.44. The van der Waals surface area contributed by atoms with Gasteiger partial charge >= 0.3 is 11.9 Å². The Labute approximate surface area is 143 Å². The highest BCUT2D eigenvalue weighted by molar-refractivity contribution is 7.85. The molecule has 132 valence electrons. The molecule has 0 bridgehead atoms. The van der Waals surface area contributed by atoms with Crippen LogP contribution in [0.2, 0.25) is 0 Å². The fraction of sp³-hybridized carbons (Fsp3) is 0.438. The van der Waals surface area contributed by atoms with E-state index in [-0.39, 0.29) is 25.0 Å². The molecule has 2 atom stereocenters. The number of benzene rings is 1. The molecule has 0 unspecified atom stereocenters. The summed E-state index contributed by atoms with van der Waals surface area (Å²) >= 11 is 0. The van der Waals surface area contributed by atoms with Gasteiger partial charge < -0.3 is 14.8 Å². The molecule has 1 amide bonds. The number of ether oxygens (including phenoxy) is 2. The molecule has 1 N–H and O–H groups in total. The predicted molar refractivity (Wildman–Crippen MR) is 87.5 cm³/mol. The molecule has 0 aliphatic heterocycles. The number of rotatable bonds is 9. The van der Waals surface area contributed by atoms with Crippen molar-refractivity contribution < 1.29 is 28.1 Å². The monoisotopic (exact) mass is 355 g/mol. The molecule has 7 nitrogen and oxygen atoms in total. The average Bonchev–Trinajstić information content (AvgIpc) is 2.62. The maximum atomic E-state index is 12.2. The van der Waals surface area contributed by atoms with E-state index in [1.54, 1.807) is 24.3 Å². The lowest BCUT2D eigenvalue weighted by Gasteiger charge is -2.16. The Morgan fingerprint density at radius 2 is 1.75 bits per heavy atom. The Kier molecular flexibility index (Phi) is 8.70. The zero-order valence-corrected chi connectivity index (χ0v) is 14.5. The molecule has 0 radical (unpaired) electrons. The van der Waals surface area contributed by atoms with Gasteiger partial charge in [0.1, 0.15) is 6.04 Å². The van der Waals surface area contributed by atoms with E-state index in [4.69, 9.17) is 0 Å². The van der Waals surface area contributed by atoms with Crippen molar-refractivity contribution in [1.82, 2.24) is 5.32 Å². The molecule has 0 fully saturated rings. The van der Waals surface area contributed by atoms with Crippen LogP contribution in [0.5, 0.6) is 0 Å². The third-order valence-corrected chi connectivity index (χ3v) is 4.61. The van der Waals surface area contributed by atoms with E-state index in [0.717, 1.165) is 0 Å². The summed E-state index contributed by atoms with van der Waals surface area (Å²) in [5, 5.41) is 2.50. The topological polar surface area (TPSA) is 98.8 Å². The van der Waals surface area contributed by atoms with Crippen LogP contribution in [0.4, 0.5) is 0 Å². The van der Waals surface area contributed by atoms with Crippen molar-refractivity contribution in [3.8, 4) is 0 Å². The summed E-state index contributed by atoms with van der Waals surface area (Å²) in [4.78, 5) is 35.3. The van der Waals surface area contributed by atoms with Crippen molar-refractivity contribution in [2.75, 3.05) is 20.0 Å². The third-order valence-electron chi connectivity index (χ3n) is 3.20. The summed E-state index contributed by atoms with van der Waals surface area (Å²) in [6, 6.07) is 7.93. The van der Waals surface area contributed by atoms with Gasteiger partial charge in [-0.3, -0.25) is 13.8 Å². The van der Waals surface area contributed by atoms with Crippen molar-refractivity contribution >= 4 is 28.6 Å². The fourth-order valence-electron chi connectivity index (χ4n) is 1.89. The number of nitrogens with one attached hydrogen (secondary N) is 1. The van der Waals surface area contributed by atoms with E-state index in [1.165, 1.54) is 14.2 Å². The van der Waals surface area contributed by atoms with E-state index in [0.29, 0.717) is 4.90 Å². The quantitative estimate of drug-likeness (QED) is 0.658. The molecule has 0 spiro atoms. The Balaban J connectivity index is 2.56. The molecule has 1 rings (SSSR count). The van der Waals surface area contributed by atoms with Gasteiger partial charge in [-0.2, -0.15) is 0 Å². The zero-order valence-electron chi connectivity index (χ0n) is 13.7. The molecule has 0 saturated carbocycles. The molecule has 0 aliphatic rings. The van der Waals surface area contributed by atoms with Crippen molar-refractivity contribution in [3.05, 3.63) is 30.3 Å². The highest BCUT2D eigenvalue weighted by Crippen LogP contribution is 2.08. The van der Waals surface area contributed by atoms with Crippen LogP contribution < -0.4 is 5.32 Å². The van der Waals surface area contributed by atoms with Gasteiger partial charge in [-0.1, -0.05) is 18.2 Å². The predicted octanol–water partition coefficient (Wildman–Crippen LogP) is 0.795. The van der Waals surface area contributed by atoms with E-state index in [2.05, 4.69) is 14.8 Å². The van der Waals surface area contributed by atoms with E-state index < -0.39 is 34.7 Å². The first-order valence-corrected chi connectivity index (χ1v) is 8.67. The van der Waals surface area contributed by atoms with E-state index in [9.17, 15) is 18.6 Å². The average molecular weight is 355 g/mol. The number of hydrogen-bond donors (Lipinski definition) is 1. The highest BCUT2D eigenvalue weighted by atomic mass is 32.2. The maximum absolute atomic E-state index is 12.2. The van der Waals surface area contributed by atoms with Crippen LogP contribution in [-0.4, -0.2) is 48.1 Å². The molecule has 8 heteroatoms. The smallest absolute Gasteiger partial charge is 0.328 e. The summed E-state index contributed by atoms with van der Waals surface area (Å²) < 4.78 is 21.3. The third kappa shape index (κ3) is 6.91. The largest absolute Gasteiger partial charge is 0.469 e. The Morgan fingerprint density at radius 3 is 2.33 bits per heavy atom. The second kappa shape index (κ2) is 10.5. The van der Waals surface area contributed by atoms with Crippen LogP contribution in [0.15, 0.2) is 35.2 Å². The Hall–Kier alpha value is -2.22. The minimum absolute atomic E-state index is 0.0772. The molecule has 0 saturated heterocycles. The number of carbonyl (C=O) groups is 3. The summed E-state index contributed by atoms with van der Waals surface area (Å²) in [6.45, 7) is 0. The Morgan fingerprint density at radius 1 is 1.08 bits per heavy atom. The van der Waals surface area contributed by atoms with E-state index >= 15 is 0 Å². The van der Waals surface area contributed by atoms with Crippen LogP contribution in [0.3, 0.4) is 0 Å². The molecule has 0 aromatic heterocycles. The van der Waals surface area contributed by atoms with Gasteiger partial charge in [0.05, 0.1) is 31.4 Å². The summed E-state index contributed by atoms with van der Waals surface area (Å²) in [5.74, 6) is -1.40. The maximum Gasteiger partial charge on any atom is 0.328 e. The lowest BCUT2D eigenvalue weighted by molar-refractivity contribution is -0.145. The first-order chi connectivity index (χ1) is 11.5. The normalized spacial score (nSPS) is 12.8. The molecule has 1 aromatic carbocycles. The summed E-state index contributed by atoms with van der Waals surface area (Å²) in [5.41, 5.74) is 0. The molecule has 0 aliphatic carbocycles. The number of hydrogen-bond acceptors (Lipinski definition) is 6. The zero-order chi connectivity index (χ0) is 17.9. The number of esters is 2. The number of carbonyl (C=O) groups excluding carboxylic acids is 3. The standard InChI is InChI=1S/C16H21NO6S/c1-22-15(19)9-8-14(18)17-13(16(20)23-2)10-11-24(21)12-6-4-3-5-7-12/h3-7,13H,8-11H2,1-2H3,(H,17,18)/t13-,24-/m1/s1. The molecule has 1 aromatic rings. The van der Waals surface area contributed by atoms with Crippen molar-refractivity contribution in [1.29, 1.82) is 0 Å². The van der Waals surface area contributed by atoms with Gasteiger partial charge in [-0.25, -0.2) is 4.79 Å². The van der Waals surface area contributed by atoms with Crippen molar-refractivity contribution in [3.63, 3.8) is 0 Å². The first kappa shape index (κ1) is 19.8. The van der Waals surface area contributed by atoms with E-state index in [1.807, 2.05) is 6.07 Å². The number of methoxy groups -OCH3 is 2. The van der Waals surface area contributed by atoms with Crippen molar-refractivity contribution in [2.45, 2.75) is 30.2 Å². The van der Waals surface area contributed by atoms with Crippen LogP contribution >= 0.6 is 0 Å². The Bertz CT molecular complexity index is 589. The summed E-state index contributed by atoms with van der Waals surface area (Å²) in [6.07, 6.45) is -0.00768. The molecular formula is C16H21NO6S. The van der Waals surface area contributed by atoms with Gasteiger partial charge in [-0.15, -0.1) is 0 Å². The summed E-state index contributed by atoms with van der Waals surface area (Å²) in [7, 11) is 1.16. The minimum Gasteiger partial charge on any atom is -0.469 e. The molecule has 24 heavy (non-hydrogen) atoms. The van der Waals surface area contributed by atoms with Crippen LogP contribution in [0, 0.1) is 0 Å². The van der Waals surface area contributed by atoms with Gasteiger partial charge in [-0.05, 0) is 18.6 Å². The van der Waals surface area contributed by atoms with Crippen molar-refractivity contribution in [2.24, 2.45) is 0 Å². The van der Waals surface area contributed by atoms with Gasteiger partial charge in [0.15, 0.2) is 0 Å². The minimum atomic E-state index is -1.28. The highest BCUT2D eigenvalue weighted by Gasteiger charge is 2.22. The van der Waals surface area contributed by atoms with Crippen LogP contribution in [-0.2, 0) is 34.7 Å². The lowest BCUT2D eigenvalue weighted by Crippen LogP contribution is -2.42. The first-order valence-electron chi connectivity index (χ1n) is 7.35. The number of amides is 1. The van der Waals surface area contributed by atoms with Gasteiger partial charge in [0.25, 0.3) is 0 Å². The fourth-order valence-corrected chi connectivity index (χ4v) is 3.04. The second-order valence-electron chi connectivity index (χ2n) is 4.87. The molecule has 0 heterocycles. The SMILES string of the molecule is COC(=O)CCC(=O)N[C@H](CC[S@@](=O)c1ccccc1)C(=O)OC. The van der Waals surface area contributed by atoms with Gasteiger partial charge in [0.2, 0.25) is 5.91 Å². The van der Waals surface area contributed by atoms with Gasteiger partial charge in [0, 0.05) is 17.1 Å².